The minimum Gasteiger partial charge on any atom is -0.272 e. The van der Waals surface area contributed by atoms with Crippen LogP contribution in [0.2, 0.25) is 5.02 Å². The Morgan fingerprint density at radius 2 is 2.00 bits per heavy atom. The fourth-order valence-corrected chi connectivity index (χ4v) is 2.55. The molecule has 0 aliphatic carbocycles. The van der Waals surface area contributed by atoms with E-state index in [4.69, 9.17) is 11.6 Å². The third-order valence-electron chi connectivity index (χ3n) is 3.29. The Bertz CT molecular complexity index is 940. The van der Waals surface area contributed by atoms with Crippen LogP contribution < -0.4 is 5.43 Å². The average molecular weight is 422 g/mol. The van der Waals surface area contributed by atoms with Crippen molar-refractivity contribution in [1.82, 2.24) is 15.6 Å². The fourth-order valence-electron chi connectivity index (χ4n) is 2.04. The van der Waals surface area contributed by atoms with Gasteiger partial charge in [-0.05, 0) is 36.4 Å². The van der Waals surface area contributed by atoms with Gasteiger partial charge in [0.15, 0.2) is 0 Å². The number of nitrogens with one attached hydrogen (secondary N) is 2. The van der Waals surface area contributed by atoms with Gasteiger partial charge in [-0.15, -0.1) is 0 Å². The van der Waals surface area contributed by atoms with Crippen LogP contribution in [-0.4, -0.2) is 22.3 Å². The van der Waals surface area contributed by atoms with Crippen molar-refractivity contribution in [2.24, 2.45) is 5.10 Å². The van der Waals surface area contributed by atoms with Crippen molar-refractivity contribution < 1.29 is 9.18 Å². The van der Waals surface area contributed by atoms with Crippen LogP contribution in [0, 0.1) is 5.82 Å². The Labute approximate surface area is 156 Å². The van der Waals surface area contributed by atoms with Gasteiger partial charge < -0.3 is 0 Å². The number of benzene rings is 2. The van der Waals surface area contributed by atoms with E-state index in [1.807, 2.05) is 0 Å². The molecule has 0 bridgehead atoms. The molecule has 0 aliphatic heterocycles. The maximum atomic E-state index is 13.6. The van der Waals surface area contributed by atoms with E-state index < -0.39 is 11.7 Å². The zero-order valence-corrected chi connectivity index (χ0v) is 15.0. The summed E-state index contributed by atoms with van der Waals surface area (Å²) in [6.45, 7) is 0. The van der Waals surface area contributed by atoms with Gasteiger partial charge in [-0.1, -0.05) is 39.7 Å². The number of carbonyl (C=O) groups excluding carboxylic acids is 1. The van der Waals surface area contributed by atoms with Gasteiger partial charge in [0.2, 0.25) is 0 Å². The highest BCUT2D eigenvalue weighted by Gasteiger charge is 2.10. The Morgan fingerprint density at radius 3 is 2.76 bits per heavy atom. The molecule has 3 aromatic rings. The minimum atomic E-state index is -0.487. The molecule has 2 aromatic carbocycles. The maximum Gasteiger partial charge on any atom is 0.289 e. The van der Waals surface area contributed by atoms with E-state index in [-0.39, 0.29) is 11.3 Å². The lowest BCUT2D eigenvalue weighted by molar-refractivity contribution is 0.0950. The second-order valence-electron chi connectivity index (χ2n) is 5.04. The van der Waals surface area contributed by atoms with Gasteiger partial charge in [0, 0.05) is 20.6 Å². The normalized spacial score (nSPS) is 11.0. The summed E-state index contributed by atoms with van der Waals surface area (Å²) >= 11 is 9.09. The van der Waals surface area contributed by atoms with E-state index in [9.17, 15) is 9.18 Å². The summed E-state index contributed by atoms with van der Waals surface area (Å²) in [7, 11) is 0. The predicted molar refractivity (Wildman–Crippen MR) is 98.2 cm³/mol. The summed E-state index contributed by atoms with van der Waals surface area (Å²) in [6.07, 6.45) is 1.23. The maximum absolute atomic E-state index is 13.6. The Balaban J connectivity index is 1.69. The van der Waals surface area contributed by atoms with E-state index in [1.54, 1.807) is 42.5 Å². The van der Waals surface area contributed by atoms with Crippen molar-refractivity contribution >= 4 is 39.7 Å². The lowest BCUT2D eigenvalue weighted by Gasteiger charge is -1.98. The third-order valence-corrected chi connectivity index (χ3v) is 4.04. The number of aromatic amines is 1. The zero-order valence-electron chi connectivity index (χ0n) is 12.6. The van der Waals surface area contributed by atoms with Crippen LogP contribution >= 0.6 is 27.5 Å². The first kappa shape index (κ1) is 17.3. The topological polar surface area (TPSA) is 70.1 Å². The van der Waals surface area contributed by atoms with E-state index in [1.165, 1.54) is 12.3 Å². The first-order valence-electron chi connectivity index (χ1n) is 7.13. The number of rotatable bonds is 4. The number of aromatic nitrogens is 2. The van der Waals surface area contributed by atoms with Crippen molar-refractivity contribution in [3.63, 3.8) is 0 Å². The molecule has 0 radical (unpaired) electrons. The molecule has 0 saturated heterocycles. The van der Waals surface area contributed by atoms with Crippen molar-refractivity contribution in [3.05, 3.63) is 75.1 Å². The van der Waals surface area contributed by atoms with Crippen molar-refractivity contribution in [2.45, 2.75) is 0 Å². The van der Waals surface area contributed by atoms with Gasteiger partial charge in [-0.2, -0.15) is 10.2 Å². The number of amides is 1. The highest BCUT2D eigenvalue weighted by molar-refractivity contribution is 9.10. The van der Waals surface area contributed by atoms with Crippen LogP contribution in [0.25, 0.3) is 11.3 Å². The summed E-state index contributed by atoms with van der Waals surface area (Å²) in [4.78, 5) is 12.1. The molecule has 2 N–H and O–H groups in total. The summed E-state index contributed by atoms with van der Waals surface area (Å²) in [6, 6.07) is 13.1. The molecule has 3 rings (SSSR count). The molecule has 25 heavy (non-hydrogen) atoms. The van der Waals surface area contributed by atoms with Crippen LogP contribution in [0.4, 0.5) is 4.39 Å². The number of hydrazone groups is 1. The molecule has 5 nitrogen and oxygen atoms in total. The van der Waals surface area contributed by atoms with E-state index >= 15 is 0 Å². The number of halogens is 3. The molecule has 126 valence electrons. The van der Waals surface area contributed by atoms with Crippen LogP contribution in [0.3, 0.4) is 0 Å². The highest BCUT2D eigenvalue weighted by Crippen LogP contribution is 2.20. The van der Waals surface area contributed by atoms with Crippen molar-refractivity contribution in [1.29, 1.82) is 0 Å². The molecule has 0 saturated carbocycles. The molecule has 0 spiro atoms. The Kier molecular flexibility index (Phi) is 5.25. The summed E-state index contributed by atoms with van der Waals surface area (Å²) in [5, 5.41) is 11.1. The molecule has 1 heterocycles. The van der Waals surface area contributed by atoms with Crippen LogP contribution in [0.1, 0.15) is 16.1 Å². The molecule has 1 aromatic heterocycles. The Hall–Kier alpha value is -2.51. The van der Waals surface area contributed by atoms with Crippen LogP contribution in [0.15, 0.2) is 58.1 Å². The molecular weight excluding hydrogens is 411 g/mol. The number of nitrogens with zero attached hydrogens (tertiary/aromatic N) is 2. The minimum absolute atomic E-state index is 0.233. The molecule has 0 atom stereocenters. The SMILES string of the molecule is O=C(NN=Cc1cc(Br)ccc1F)c1cc(-c2ccc(Cl)cc2)n[nH]1. The summed E-state index contributed by atoms with van der Waals surface area (Å²) in [5.41, 5.74) is 4.23. The largest absolute Gasteiger partial charge is 0.289 e. The first-order valence-corrected chi connectivity index (χ1v) is 8.30. The highest BCUT2D eigenvalue weighted by atomic mass is 79.9. The first-order chi connectivity index (χ1) is 12.0. The van der Waals surface area contributed by atoms with Gasteiger partial charge in [0.25, 0.3) is 5.91 Å². The molecular formula is C17H11BrClFN4O. The number of hydrogen-bond donors (Lipinski definition) is 2. The monoisotopic (exact) mass is 420 g/mol. The number of carbonyl (C=O) groups is 1. The lowest BCUT2D eigenvalue weighted by Crippen LogP contribution is -2.18. The van der Waals surface area contributed by atoms with Gasteiger partial charge in [-0.3, -0.25) is 9.89 Å². The van der Waals surface area contributed by atoms with Gasteiger partial charge in [-0.25, -0.2) is 9.82 Å². The summed E-state index contributed by atoms with van der Waals surface area (Å²) in [5.74, 6) is -0.924. The van der Waals surface area contributed by atoms with Gasteiger partial charge in [0.05, 0.1) is 11.9 Å². The van der Waals surface area contributed by atoms with Gasteiger partial charge >= 0.3 is 0 Å². The smallest absolute Gasteiger partial charge is 0.272 e. The van der Waals surface area contributed by atoms with Crippen molar-refractivity contribution in [2.75, 3.05) is 0 Å². The molecule has 1 amide bonds. The number of hydrogen-bond acceptors (Lipinski definition) is 3. The quantitative estimate of drug-likeness (QED) is 0.484. The van der Waals surface area contributed by atoms with E-state index in [2.05, 4.69) is 36.7 Å². The molecule has 8 heteroatoms. The number of H-pyrrole nitrogens is 1. The van der Waals surface area contributed by atoms with Gasteiger partial charge in [0.1, 0.15) is 11.5 Å². The third kappa shape index (κ3) is 4.32. The lowest BCUT2D eigenvalue weighted by atomic mass is 10.1. The zero-order chi connectivity index (χ0) is 17.8. The molecule has 0 fully saturated rings. The van der Waals surface area contributed by atoms with Crippen LogP contribution in [0.5, 0.6) is 0 Å². The molecule has 0 aliphatic rings. The predicted octanol–water partition coefficient (Wildman–Crippen LogP) is 4.40. The molecule has 0 unspecified atom stereocenters. The van der Waals surface area contributed by atoms with E-state index in [0.29, 0.717) is 15.2 Å². The summed E-state index contributed by atoms with van der Waals surface area (Å²) < 4.78 is 14.3. The fraction of sp³-hybridized carbons (Fsp3) is 0. The van der Waals surface area contributed by atoms with E-state index in [0.717, 1.165) is 5.56 Å². The second-order valence-corrected chi connectivity index (χ2v) is 6.39. The average Bonchev–Trinajstić information content (AvgIpc) is 3.08. The standard InChI is InChI=1S/C17H11BrClFN4O/c18-12-3-6-14(20)11(7-12)9-21-24-17(25)16-8-15(22-23-16)10-1-4-13(19)5-2-10/h1-9H,(H,22,23)(H,24,25). The van der Waals surface area contributed by atoms with Crippen molar-refractivity contribution in [3.8, 4) is 11.3 Å². The second kappa shape index (κ2) is 7.58. The van der Waals surface area contributed by atoms with Crippen LogP contribution in [-0.2, 0) is 0 Å². The Morgan fingerprint density at radius 1 is 1.24 bits per heavy atom.